The summed E-state index contributed by atoms with van der Waals surface area (Å²) < 4.78 is 10.9. The van der Waals surface area contributed by atoms with Gasteiger partial charge in [0.15, 0.2) is 6.61 Å². The molecule has 1 heterocycles. The van der Waals surface area contributed by atoms with Crippen LogP contribution in [-0.4, -0.2) is 50.3 Å². The van der Waals surface area contributed by atoms with Crippen LogP contribution in [0.4, 0.5) is 0 Å². The first-order valence-corrected chi connectivity index (χ1v) is 9.23. The van der Waals surface area contributed by atoms with Gasteiger partial charge in [-0.05, 0) is 37.5 Å². The van der Waals surface area contributed by atoms with Crippen LogP contribution >= 0.6 is 12.4 Å². The third kappa shape index (κ3) is 7.36. The molecule has 2 amide bonds. The third-order valence-corrected chi connectivity index (χ3v) is 4.50. The molecule has 3 rings (SSSR count). The summed E-state index contributed by atoms with van der Waals surface area (Å²) >= 11 is 0. The molecule has 2 atom stereocenters. The van der Waals surface area contributed by atoms with Crippen molar-refractivity contribution < 1.29 is 19.1 Å². The maximum Gasteiger partial charge on any atom is 0.258 e. The largest absolute Gasteiger partial charge is 0.484 e. The van der Waals surface area contributed by atoms with Gasteiger partial charge in [-0.3, -0.25) is 9.59 Å². The Kier molecular flexibility index (Phi) is 8.34. The van der Waals surface area contributed by atoms with Gasteiger partial charge in [-0.1, -0.05) is 12.1 Å². The third-order valence-electron chi connectivity index (χ3n) is 4.50. The van der Waals surface area contributed by atoms with Crippen LogP contribution in [0.15, 0.2) is 24.3 Å². The number of rotatable bonds is 8. The summed E-state index contributed by atoms with van der Waals surface area (Å²) in [6, 6.07) is 7.76. The summed E-state index contributed by atoms with van der Waals surface area (Å²) in [7, 11) is 0. The number of carbonyl (C=O) groups excluding carboxylic acids is 2. The van der Waals surface area contributed by atoms with E-state index in [1.54, 1.807) is 0 Å². The van der Waals surface area contributed by atoms with E-state index in [0.29, 0.717) is 31.4 Å². The lowest BCUT2D eigenvalue weighted by Gasteiger charge is -2.24. The molecule has 7 nitrogen and oxygen atoms in total. The van der Waals surface area contributed by atoms with Crippen molar-refractivity contribution in [2.75, 3.05) is 26.4 Å². The molecule has 1 saturated heterocycles. The van der Waals surface area contributed by atoms with Gasteiger partial charge < -0.3 is 25.4 Å². The molecule has 0 bridgehead atoms. The molecule has 1 aromatic carbocycles. The first kappa shape index (κ1) is 21.5. The second-order valence-electron chi connectivity index (χ2n) is 6.92. The van der Waals surface area contributed by atoms with Gasteiger partial charge in [-0.15, -0.1) is 12.4 Å². The van der Waals surface area contributed by atoms with E-state index >= 15 is 0 Å². The first-order chi connectivity index (χ1) is 12.6. The van der Waals surface area contributed by atoms with Crippen LogP contribution in [0.1, 0.15) is 37.8 Å². The predicted octanol–water partition coefficient (Wildman–Crippen LogP) is 1.32. The zero-order chi connectivity index (χ0) is 18.4. The van der Waals surface area contributed by atoms with Crippen molar-refractivity contribution in [1.82, 2.24) is 16.0 Å². The fraction of sp³-hybridized carbons (Fsp3) is 0.579. The highest BCUT2D eigenvalue weighted by atomic mass is 35.5. The van der Waals surface area contributed by atoms with E-state index in [1.807, 2.05) is 31.2 Å². The molecule has 0 radical (unpaired) electrons. The number of morpholine rings is 1. The Morgan fingerprint density at radius 2 is 2.00 bits per heavy atom. The zero-order valence-electron chi connectivity index (χ0n) is 15.5. The van der Waals surface area contributed by atoms with E-state index in [1.165, 1.54) is 0 Å². The maximum absolute atomic E-state index is 12.2. The molecular formula is C19H28ClN3O4. The van der Waals surface area contributed by atoms with E-state index in [0.717, 1.165) is 24.9 Å². The van der Waals surface area contributed by atoms with Gasteiger partial charge in [0.2, 0.25) is 5.91 Å². The van der Waals surface area contributed by atoms with Gasteiger partial charge in [0.1, 0.15) is 5.75 Å². The van der Waals surface area contributed by atoms with Gasteiger partial charge >= 0.3 is 0 Å². The lowest BCUT2D eigenvalue weighted by atomic mass is 10.1. The molecule has 1 aliphatic heterocycles. The average molecular weight is 398 g/mol. The molecule has 8 heteroatoms. The molecule has 3 N–H and O–H groups in total. The molecule has 27 heavy (non-hydrogen) atoms. The number of hydrogen-bond donors (Lipinski definition) is 3. The van der Waals surface area contributed by atoms with Crippen LogP contribution in [0.25, 0.3) is 0 Å². The summed E-state index contributed by atoms with van der Waals surface area (Å²) in [5.41, 5.74) is 0.987. The molecule has 2 unspecified atom stereocenters. The Morgan fingerprint density at radius 1 is 1.26 bits per heavy atom. The van der Waals surface area contributed by atoms with Crippen LogP contribution in [0.5, 0.6) is 5.75 Å². The summed E-state index contributed by atoms with van der Waals surface area (Å²) in [6.07, 6.45) is 2.53. The van der Waals surface area contributed by atoms with Crippen LogP contribution in [0.2, 0.25) is 0 Å². The van der Waals surface area contributed by atoms with Gasteiger partial charge in [-0.2, -0.15) is 0 Å². The number of halogens is 1. The van der Waals surface area contributed by atoms with Crippen molar-refractivity contribution in [3.8, 4) is 5.75 Å². The highest BCUT2D eigenvalue weighted by Crippen LogP contribution is 2.19. The monoisotopic (exact) mass is 397 g/mol. The van der Waals surface area contributed by atoms with E-state index in [2.05, 4.69) is 16.0 Å². The smallest absolute Gasteiger partial charge is 0.258 e. The Hall–Kier alpha value is -1.83. The molecule has 1 saturated carbocycles. The molecule has 2 aliphatic rings. The van der Waals surface area contributed by atoms with Crippen molar-refractivity contribution in [2.24, 2.45) is 0 Å². The first-order valence-electron chi connectivity index (χ1n) is 9.23. The van der Waals surface area contributed by atoms with Crippen LogP contribution in [0, 0.1) is 0 Å². The number of ether oxygens (including phenoxy) is 2. The van der Waals surface area contributed by atoms with Crippen molar-refractivity contribution in [3.63, 3.8) is 0 Å². The Bertz CT molecular complexity index is 616. The Morgan fingerprint density at radius 3 is 2.63 bits per heavy atom. The number of amides is 2. The highest BCUT2D eigenvalue weighted by molar-refractivity contribution is 5.85. The van der Waals surface area contributed by atoms with E-state index < -0.39 is 0 Å². The molecular weight excluding hydrogens is 370 g/mol. The van der Waals surface area contributed by atoms with Crippen molar-refractivity contribution >= 4 is 24.2 Å². The molecule has 1 aromatic rings. The minimum Gasteiger partial charge on any atom is -0.484 e. The summed E-state index contributed by atoms with van der Waals surface area (Å²) in [4.78, 5) is 23.8. The highest BCUT2D eigenvalue weighted by Gasteiger charge is 2.23. The second kappa shape index (κ2) is 10.5. The molecule has 0 aromatic heterocycles. The Balaban J connectivity index is 0.00000261. The normalized spacial score (nSPS) is 20.1. The van der Waals surface area contributed by atoms with Gasteiger partial charge in [0.05, 0.1) is 19.3 Å². The van der Waals surface area contributed by atoms with Gasteiger partial charge in [0, 0.05) is 25.0 Å². The minimum atomic E-state index is -0.0979. The quantitative estimate of drug-likeness (QED) is 0.615. The average Bonchev–Trinajstić information content (AvgIpc) is 3.45. The number of hydrogen-bond acceptors (Lipinski definition) is 5. The van der Waals surface area contributed by atoms with Gasteiger partial charge in [-0.25, -0.2) is 0 Å². The lowest BCUT2D eigenvalue weighted by molar-refractivity contribution is -0.123. The summed E-state index contributed by atoms with van der Waals surface area (Å²) in [5.74, 6) is 0.553. The Labute approximate surface area is 166 Å². The van der Waals surface area contributed by atoms with Crippen molar-refractivity contribution in [2.45, 2.75) is 44.3 Å². The zero-order valence-corrected chi connectivity index (χ0v) is 16.3. The van der Waals surface area contributed by atoms with E-state index in [-0.39, 0.29) is 42.9 Å². The van der Waals surface area contributed by atoms with E-state index in [9.17, 15) is 9.59 Å². The van der Waals surface area contributed by atoms with Gasteiger partial charge in [0.25, 0.3) is 5.91 Å². The van der Waals surface area contributed by atoms with Crippen molar-refractivity contribution in [1.29, 1.82) is 0 Å². The fourth-order valence-electron chi connectivity index (χ4n) is 2.86. The van der Waals surface area contributed by atoms with Crippen LogP contribution < -0.4 is 20.7 Å². The molecule has 1 aliphatic carbocycles. The minimum absolute atomic E-state index is 0. The topological polar surface area (TPSA) is 88.7 Å². The van der Waals surface area contributed by atoms with Crippen molar-refractivity contribution in [3.05, 3.63) is 29.8 Å². The van der Waals surface area contributed by atoms with Crippen LogP contribution in [0.3, 0.4) is 0 Å². The predicted molar refractivity (Wildman–Crippen MR) is 104 cm³/mol. The fourth-order valence-corrected chi connectivity index (χ4v) is 2.86. The maximum atomic E-state index is 12.2. The molecule has 2 fully saturated rings. The SMILES string of the molecule is CC(NC(=O)CC1COCCN1)c1ccc(OCC(=O)NC2CC2)cc1.Cl. The molecule has 150 valence electrons. The summed E-state index contributed by atoms with van der Waals surface area (Å²) in [6.45, 7) is 4.03. The number of carbonyl (C=O) groups is 2. The van der Waals surface area contributed by atoms with E-state index in [4.69, 9.17) is 9.47 Å². The standard InChI is InChI=1S/C19H27N3O4.ClH/c1-13(21-18(23)10-16-11-25-9-8-20-16)14-2-6-17(7-3-14)26-12-19(24)22-15-4-5-15;/h2-3,6-7,13,15-16,20H,4-5,8-12H2,1H3,(H,21,23)(H,22,24);1H. The lowest BCUT2D eigenvalue weighted by Crippen LogP contribution is -2.44. The number of benzene rings is 1. The summed E-state index contributed by atoms with van der Waals surface area (Å²) in [5, 5.41) is 9.16. The second-order valence-corrected chi connectivity index (χ2v) is 6.92. The van der Waals surface area contributed by atoms with Crippen LogP contribution in [-0.2, 0) is 14.3 Å². The molecule has 0 spiro atoms. The number of nitrogens with one attached hydrogen (secondary N) is 3.